The molecule has 4 aromatic rings. The molecule has 4 rings (SSSR count). The molecule has 4 nitrogen and oxygen atoms in total. The summed E-state index contributed by atoms with van der Waals surface area (Å²) >= 11 is 12.4. The minimum absolute atomic E-state index is 0.205. The van der Waals surface area contributed by atoms with Crippen LogP contribution in [0.1, 0.15) is 5.56 Å². The molecule has 0 aliphatic heterocycles. The Morgan fingerprint density at radius 2 is 1.85 bits per heavy atom. The number of hydrogen-bond acceptors (Lipinski definition) is 4. The number of fused-ring (bicyclic) bond motifs is 1. The van der Waals surface area contributed by atoms with Crippen molar-refractivity contribution < 1.29 is 9.15 Å². The molecule has 2 aromatic carbocycles. The van der Waals surface area contributed by atoms with Crippen LogP contribution < -0.4 is 4.74 Å². The molecule has 0 bridgehead atoms. The Kier molecular flexibility index (Phi) is 4.49. The molecule has 6 heteroatoms. The lowest BCUT2D eigenvalue weighted by Gasteiger charge is -2.12. The highest BCUT2D eigenvalue weighted by Crippen LogP contribution is 2.38. The van der Waals surface area contributed by atoms with Gasteiger partial charge in [0.2, 0.25) is 5.88 Å². The van der Waals surface area contributed by atoms with Crippen LogP contribution in [0.25, 0.3) is 33.6 Å². The molecule has 0 radical (unpaired) electrons. The van der Waals surface area contributed by atoms with Crippen molar-refractivity contribution in [3.05, 3.63) is 70.2 Å². The molecule has 2 aromatic heterocycles. The van der Waals surface area contributed by atoms with Gasteiger partial charge in [0.1, 0.15) is 22.9 Å². The Hall–Kier alpha value is -3.00. The normalized spacial score (nSPS) is 10.7. The molecule has 0 N–H and O–H groups in total. The van der Waals surface area contributed by atoms with Crippen molar-refractivity contribution in [1.29, 1.82) is 5.26 Å². The zero-order valence-electron chi connectivity index (χ0n) is 14.2. The zero-order chi connectivity index (χ0) is 19.0. The quantitative estimate of drug-likeness (QED) is 0.406. The summed E-state index contributed by atoms with van der Waals surface area (Å²) in [5, 5.41) is 11.6. The second-order valence-corrected chi connectivity index (χ2v) is 6.67. The first-order valence-corrected chi connectivity index (χ1v) is 8.80. The first-order valence-electron chi connectivity index (χ1n) is 8.04. The summed E-state index contributed by atoms with van der Waals surface area (Å²) in [6.45, 7) is 0. The fraction of sp³-hybridized carbons (Fsp3) is 0.0476. The van der Waals surface area contributed by atoms with E-state index in [0.717, 1.165) is 11.0 Å². The SMILES string of the molecule is COc1nc(-c2cc3ccccc3o2)cc(-c2ccc(Cl)cc2Cl)c1C#N. The molecule has 0 atom stereocenters. The predicted molar refractivity (Wildman–Crippen MR) is 106 cm³/mol. The van der Waals surface area contributed by atoms with Crippen LogP contribution in [0.15, 0.2) is 59.0 Å². The van der Waals surface area contributed by atoms with Gasteiger partial charge in [0.25, 0.3) is 0 Å². The van der Waals surface area contributed by atoms with Crippen LogP contribution in [-0.2, 0) is 0 Å². The van der Waals surface area contributed by atoms with Gasteiger partial charge in [-0.2, -0.15) is 5.26 Å². The molecule has 0 spiro atoms. The Morgan fingerprint density at radius 1 is 1.04 bits per heavy atom. The highest BCUT2D eigenvalue weighted by Gasteiger charge is 2.19. The monoisotopic (exact) mass is 394 g/mol. The molecular weight excluding hydrogens is 383 g/mol. The average molecular weight is 395 g/mol. The number of nitrogens with zero attached hydrogens (tertiary/aromatic N) is 2. The van der Waals surface area contributed by atoms with Gasteiger partial charge < -0.3 is 9.15 Å². The molecule has 2 heterocycles. The van der Waals surface area contributed by atoms with Crippen molar-refractivity contribution in [2.75, 3.05) is 7.11 Å². The molecule has 0 fully saturated rings. The van der Waals surface area contributed by atoms with Gasteiger partial charge in [-0.3, -0.25) is 0 Å². The number of rotatable bonds is 3. The maximum Gasteiger partial charge on any atom is 0.232 e. The van der Waals surface area contributed by atoms with E-state index in [1.807, 2.05) is 30.3 Å². The summed E-state index contributed by atoms with van der Waals surface area (Å²) in [7, 11) is 1.47. The van der Waals surface area contributed by atoms with E-state index in [-0.39, 0.29) is 5.88 Å². The lowest BCUT2D eigenvalue weighted by atomic mass is 10.00. The minimum Gasteiger partial charge on any atom is -0.480 e. The number of halogens is 2. The van der Waals surface area contributed by atoms with E-state index in [1.165, 1.54) is 7.11 Å². The van der Waals surface area contributed by atoms with Crippen LogP contribution in [0.4, 0.5) is 0 Å². The smallest absolute Gasteiger partial charge is 0.232 e. The fourth-order valence-corrected chi connectivity index (χ4v) is 3.44. The Labute approximate surface area is 165 Å². The second kappa shape index (κ2) is 6.96. The maximum atomic E-state index is 9.65. The summed E-state index contributed by atoms with van der Waals surface area (Å²) in [6.07, 6.45) is 0. The standard InChI is InChI=1S/C21H12Cl2N2O2/c1-26-21-16(11-24)15(14-7-6-13(22)9-17(14)23)10-18(25-21)20-8-12-4-2-3-5-19(12)27-20/h2-10H,1H3. The van der Waals surface area contributed by atoms with E-state index >= 15 is 0 Å². The number of methoxy groups -OCH3 is 1. The molecule has 0 saturated heterocycles. The van der Waals surface area contributed by atoms with Crippen LogP contribution in [0, 0.1) is 11.3 Å². The highest BCUT2D eigenvalue weighted by molar-refractivity contribution is 6.36. The van der Waals surface area contributed by atoms with Crippen molar-refractivity contribution in [1.82, 2.24) is 4.98 Å². The fourth-order valence-electron chi connectivity index (χ4n) is 2.93. The van der Waals surface area contributed by atoms with E-state index in [1.54, 1.807) is 24.3 Å². The Bertz CT molecular complexity index is 1180. The van der Waals surface area contributed by atoms with Crippen molar-refractivity contribution in [2.45, 2.75) is 0 Å². The van der Waals surface area contributed by atoms with Gasteiger partial charge in [-0.25, -0.2) is 4.98 Å². The number of ether oxygens (including phenoxy) is 1. The van der Waals surface area contributed by atoms with Gasteiger partial charge in [0.05, 0.1) is 7.11 Å². The van der Waals surface area contributed by atoms with Gasteiger partial charge >= 0.3 is 0 Å². The number of hydrogen-bond donors (Lipinski definition) is 0. The van der Waals surface area contributed by atoms with Crippen molar-refractivity contribution in [3.63, 3.8) is 0 Å². The number of aromatic nitrogens is 1. The summed E-state index contributed by atoms with van der Waals surface area (Å²) in [5.74, 6) is 0.779. The van der Waals surface area contributed by atoms with Crippen molar-refractivity contribution in [2.24, 2.45) is 0 Å². The number of pyridine rings is 1. The van der Waals surface area contributed by atoms with Crippen molar-refractivity contribution >= 4 is 34.2 Å². The molecule has 0 aliphatic carbocycles. The lowest BCUT2D eigenvalue weighted by molar-refractivity contribution is 0.397. The van der Waals surface area contributed by atoms with Gasteiger partial charge in [-0.05, 0) is 30.3 Å². The van der Waals surface area contributed by atoms with Gasteiger partial charge in [0.15, 0.2) is 5.76 Å². The third-order valence-corrected chi connectivity index (χ3v) is 4.74. The highest BCUT2D eigenvalue weighted by atomic mass is 35.5. The number of para-hydroxylation sites is 1. The number of furan rings is 1. The molecule has 27 heavy (non-hydrogen) atoms. The average Bonchev–Trinajstić information content (AvgIpc) is 3.11. The van der Waals surface area contributed by atoms with Crippen LogP contribution >= 0.6 is 23.2 Å². The van der Waals surface area contributed by atoms with Crippen LogP contribution in [0.2, 0.25) is 10.0 Å². The molecule has 0 unspecified atom stereocenters. The molecule has 0 aliphatic rings. The molecule has 0 saturated carbocycles. The summed E-state index contributed by atoms with van der Waals surface area (Å²) < 4.78 is 11.3. The predicted octanol–water partition coefficient (Wildman–Crippen LogP) is 6.35. The summed E-state index contributed by atoms with van der Waals surface area (Å²) in [4.78, 5) is 4.45. The van der Waals surface area contributed by atoms with Gasteiger partial charge in [-0.15, -0.1) is 0 Å². The third kappa shape index (κ3) is 3.12. The largest absolute Gasteiger partial charge is 0.480 e. The van der Waals surface area contributed by atoms with E-state index in [0.29, 0.717) is 38.2 Å². The molecule has 0 amide bonds. The topological polar surface area (TPSA) is 59.1 Å². The van der Waals surface area contributed by atoms with E-state index < -0.39 is 0 Å². The van der Waals surface area contributed by atoms with Crippen LogP contribution in [-0.4, -0.2) is 12.1 Å². The molecule has 132 valence electrons. The van der Waals surface area contributed by atoms with E-state index in [4.69, 9.17) is 32.4 Å². The van der Waals surface area contributed by atoms with E-state index in [2.05, 4.69) is 11.1 Å². The summed E-state index contributed by atoms with van der Waals surface area (Å²) in [6, 6.07) is 18.6. The van der Waals surface area contributed by atoms with Gasteiger partial charge in [0, 0.05) is 26.6 Å². The molecular formula is C21H12Cl2N2O2. The minimum atomic E-state index is 0.205. The van der Waals surface area contributed by atoms with Crippen LogP contribution in [0.5, 0.6) is 5.88 Å². The lowest BCUT2D eigenvalue weighted by Crippen LogP contribution is -1.97. The van der Waals surface area contributed by atoms with Crippen molar-refractivity contribution in [3.8, 4) is 34.5 Å². The van der Waals surface area contributed by atoms with Gasteiger partial charge in [-0.1, -0.05) is 47.5 Å². The first-order chi connectivity index (χ1) is 13.1. The number of nitriles is 1. The Morgan fingerprint density at radius 3 is 2.56 bits per heavy atom. The first kappa shape index (κ1) is 17.4. The Balaban J connectivity index is 1.98. The van der Waals surface area contributed by atoms with E-state index in [9.17, 15) is 5.26 Å². The zero-order valence-corrected chi connectivity index (χ0v) is 15.7. The van der Waals surface area contributed by atoms with Crippen LogP contribution in [0.3, 0.4) is 0 Å². The maximum absolute atomic E-state index is 9.65. The summed E-state index contributed by atoms with van der Waals surface area (Å²) in [5.41, 5.74) is 2.85. The third-order valence-electron chi connectivity index (χ3n) is 4.19. The number of benzene rings is 2. The second-order valence-electron chi connectivity index (χ2n) is 5.82.